The minimum Gasteiger partial charge on any atom is -0.377 e. The molecule has 0 unspecified atom stereocenters. The minimum atomic E-state index is -0.0340. The number of hydrogen-bond acceptors (Lipinski definition) is 2. The monoisotopic (exact) mass is 411 g/mol. The van der Waals surface area contributed by atoms with E-state index in [-0.39, 0.29) is 5.91 Å². The molecule has 0 heterocycles. The van der Waals surface area contributed by atoms with Gasteiger partial charge in [-0.3, -0.25) is 4.79 Å². The molecule has 0 atom stereocenters. The normalized spacial score (nSPS) is 11.7. The average molecular weight is 412 g/mol. The van der Waals surface area contributed by atoms with Gasteiger partial charge in [-0.15, -0.1) is 0 Å². The standard InChI is InChI=1S/C22H31Cl2NO2/c1-18(2)16-25-22(26)11-9-7-5-3-4-6-8-10-14-27-17-19-12-13-20(23)15-21(19)24/h5,7,9,11-13,15,18H,3-4,6,8,10,14,16-17H2,1-2H3,(H,25,26). The van der Waals surface area contributed by atoms with Crippen molar-refractivity contribution in [3.63, 3.8) is 0 Å². The fraction of sp³-hybridized carbons (Fsp3) is 0.500. The van der Waals surface area contributed by atoms with Crippen LogP contribution in [0.4, 0.5) is 0 Å². The lowest BCUT2D eigenvalue weighted by atomic mass is 10.1. The molecular weight excluding hydrogens is 381 g/mol. The van der Waals surface area contributed by atoms with Gasteiger partial charge in [0.05, 0.1) is 6.61 Å². The molecule has 0 aliphatic rings. The summed E-state index contributed by atoms with van der Waals surface area (Å²) in [6, 6.07) is 5.47. The third kappa shape index (κ3) is 12.7. The van der Waals surface area contributed by atoms with E-state index in [1.807, 2.05) is 18.2 Å². The Labute approximate surface area is 173 Å². The second-order valence-electron chi connectivity index (χ2n) is 6.92. The van der Waals surface area contributed by atoms with Crippen molar-refractivity contribution in [1.29, 1.82) is 0 Å². The number of amides is 1. The van der Waals surface area contributed by atoms with Crippen molar-refractivity contribution in [2.75, 3.05) is 13.2 Å². The van der Waals surface area contributed by atoms with Gasteiger partial charge in [-0.05, 0) is 42.9 Å². The van der Waals surface area contributed by atoms with Crippen molar-refractivity contribution in [2.24, 2.45) is 5.92 Å². The Morgan fingerprint density at radius 3 is 2.67 bits per heavy atom. The van der Waals surface area contributed by atoms with Gasteiger partial charge in [0.15, 0.2) is 0 Å². The Kier molecular flexibility index (Phi) is 13.0. The van der Waals surface area contributed by atoms with Crippen molar-refractivity contribution in [1.82, 2.24) is 5.32 Å². The van der Waals surface area contributed by atoms with Gasteiger partial charge in [0.1, 0.15) is 0 Å². The van der Waals surface area contributed by atoms with E-state index in [2.05, 4.69) is 25.2 Å². The SMILES string of the molecule is CC(C)CNC(=O)C=CC=CCCCCCCOCc1ccc(Cl)cc1Cl. The van der Waals surface area contributed by atoms with E-state index < -0.39 is 0 Å². The predicted octanol–water partition coefficient (Wildman–Crippen LogP) is 6.35. The Morgan fingerprint density at radius 2 is 1.93 bits per heavy atom. The van der Waals surface area contributed by atoms with Crippen LogP contribution in [0.5, 0.6) is 0 Å². The van der Waals surface area contributed by atoms with E-state index in [9.17, 15) is 4.79 Å². The quantitative estimate of drug-likeness (QED) is 0.233. The topological polar surface area (TPSA) is 38.3 Å². The van der Waals surface area contributed by atoms with E-state index >= 15 is 0 Å². The number of nitrogens with one attached hydrogen (secondary N) is 1. The van der Waals surface area contributed by atoms with Gasteiger partial charge in [0.2, 0.25) is 5.91 Å². The summed E-state index contributed by atoms with van der Waals surface area (Å²) in [6.45, 7) is 6.12. The molecule has 0 aromatic heterocycles. The molecule has 0 aliphatic carbocycles. The van der Waals surface area contributed by atoms with E-state index in [0.717, 1.165) is 37.9 Å². The second-order valence-corrected chi connectivity index (χ2v) is 7.76. The first-order valence-corrected chi connectivity index (χ1v) is 10.4. The molecule has 1 N–H and O–H groups in total. The van der Waals surface area contributed by atoms with E-state index in [0.29, 0.717) is 29.1 Å². The maximum atomic E-state index is 11.5. The first kappa shape index (κ1) is 23.7. The van der Waals surface area contributed by atoms with E-state index in [1.54, 1.807) is 18.2 Å². The molecule has 0 spiro atoms. The first-order valence-electron chi connectivity index (χ1n) is 9.61. The molecule has 0 saturated heterocycles. The van der Waals surface area contributed by atoms with Crippen molar-refractivity contribution < 1.29 is 9.53 Å². The number of benzene rings is 1. The lowest BCUT2D eigenvalue weighted by Gasteiger charge is -2.06. The number of carbonyl (C=O) groups excluding carboxylic acids is 1. The Bertz CT molecular complexity index is 612. The van der Waals surface area contributed by atoms with Crippen molar-refractivity contribution in [3.05, 3.63) is 58.1 Å². The van der Waals surface area contributed by atoms with Crippen LogP contribution in [0.3, 0.4) is 0 Å². The summed E-state index contributed by atoms with van der Waals surface area (Å²) < 4.78 is 5.67. The Morgan fingerprint density at radius 1 is 1.15 bits per heavy atom. The third-order valence-corrected chi connectivity index (χ3v) is 4.45. The molecular formula is C22H31Cl2NO2. The molecule has 0 aliphatic heterocycles. The lowest BCUT2D eigenvalue weighted by molar-refractivity contribution is -0.116. The second kappa shape index (κ2) is 14.7. The molecule has 1 amide bonds. The number of carbonyl (C=O) groups is 1. The molecule has 1 rings (SSSR count). The van der Waals surface area contributed by atoms with Crippen LogP contribution in [0.25, 0.3) is 0 Å². The number of ether oxygens (including phenoxy) is 1. The molecule has 0 radical (unpaired) electrons. The van der Waals surface area contributed by atoms with Crippen LogP contribution in [0.1, 0.15) is 51.5 Å². The van der Waals surface area contributed by atoms with Crippen LogP contribution < -0.4 is 5.32 Å². The highest BCUT2D eigenvalue weighted by Crippen LogP contribution is 2.21. The summed E-state index contributed by atoms with van der Waals surface area (Å²) in [5.74, 6) is 0.437. The summed E-state index contributed by atoms with van der Waals surface area (Å²) in [4.78, 5) is 11.5. The average Bonchev–Trinajstić information content (AvgIpc) is 2.62. The fourth-order valence-electron chi connectivity index (χ4n) is 2.32. The van der Waals surface area contributed by atoms with Crippen LogP contribution >= 0.6 is 23.2 Å². The van der Waals surface area contributed by atoms with Gasteiger partial charge >= 0.3 is 0 Å². The highest BCUT2D eigenvalue weighted by Gasteiger charge is 2.01. The number of rotatable bonds is 13. The van der Waals surface area contributed by atoms with E-state index in [4.69, 9.17) is 27.9 Å². The first-order chi connectivity index (χ1) is 13.0. The van der Waals surface area contributed by atoms with Gasteiger partial charge in [0, 0.05) is 29.3 Å². The zero-order valence-electron chi connectivity index (χ0n) is 16.3. The summed E-state index contributed by atoms with van der Waals surface area (Å²) in [7, 11) is 0. The molecule has 0 saturated carbocycles. The Hall–Kier alpha value is -1.29. The summed E-state index contributed by atoms with van der Waals surface area (Å²) in [5, 5.41) is 4.14. The minimum absolute atomic E-state index is 0.0340. The Balaban J connectivity index is 1.97. The van der Waals surface area contributed by atoms with Crippen LogP contribution in [0.15, 0.2) is 42.5 Å². The number of unbranched alkanes of at least 4 members (excludes halogenated alkanes) is 4. The number of allylic oxidation sites excluding steroid dienone is 3. The summed E-state index contributed by atoms with van der Waals surface area (Å²) in [6.07, 6.45) is 13.0. The smallest absolute Gasteiger partial charge is 0.243 e. The molecule has 0 fully saturated rings. The zero-order chi connectivity index (χ0) is 19.9. The number of halogens is 2. The molecule has 5 heteroatoms. The van der Waals surface area contributed by atoms with E-state index in [1.165, 1.54) is 6.42 Å². The van der Waals surface area contributed by atoms with Crippen LogP contribution in [-0.4, -0.2) is 19.1 Å². The fourth-order valence-corrected chi connectivity index (χ4v) is 2.79. The summed E-state index contributed by atoms with van der Waals surface area (Å²) in [5.41, 5.74) is 0.970. The van der Waals surface area contributed by atoms with Crippen LogP contribution in [-0.2, 0) is 16.1 Å². The number of hydrogen-bond donors (Lipinski definition) is 1. The maximum absolute atomic E-state index is 11.5. The van der Waals surface area contributed by atoms with Gasteiger partial charge in [-0.25, -0.2) is 0 Å². The lowest BCUT2D eigenvalue weighted by Crippen LogP contribution is -2.25. The van der Waals surface area contributed by atoms with Crippen LogP contribution in [0, 0.1) is 5.92 Å². The summed E-state index contributed by atoms with van der Waals surface area (Å²) >= 11 is 12.0. The molecule has 150 valence electrons. The molecule has 3 nitrogen and oxygen atoms in total. The van der Waals surface area contributed by atoms with Gasteiger partial charge in [-0.1, -0.05) is 74.2 Å². The molecule has 0 bridgehead atoms. The molecule has 27 heavy (non-hydrogen) atoms. The predicted molar refractivity (Wildman–Crippen MR) is 115 cm³/mol. The zero-order valence-corrected chi connectivity index (χ0v) is 17.9. The highest BCUT2D eigenvalue weighted by atomic mass is 35.5. The van der Waals surface area contributed by atoms with Crippen molar-refractivity contribution >= 4 is 29.1 Å². The molecule has 1 aromatic rings. The third-order valence-electron chi connectivity index (χ3n) is 3.86. The van der Waals surface area contributed by atoms with Crippen LogP contribution in [0.2, 0.25) is 10.0 Å². The highest BCUT2D eigenvalue weighted by molar-refractivity contribution is 6.35. The van der Waals surface area contributed by atoms with Gasteiger partial charge < -0.3 is 10.1 Å². The van der Waals surface area contributed by atoms with Gasteiger partial charge in [-0.2, -0.15) is 0 Å². The van der Waals surface area contributed by atoms with Crippen molar-refractivity contribution in [3.8, 4) is 0 Å². The largest absolute Gasteiger partial charge is 0.377 e. The molecule has 1 aromatic carbocycles. The van der Waals surface area contributed by atoms with Gasteiger partial charge in [0.25, 0.3) is 0 Å². The maximum Gasteiger partial charge on any atom is 0.243 e. The van der Waals surface area contributed by atoms with Crippen molar-refractivity contribution in [2.45, 2.75) is 52.6 Å².